The molecular formula is C23H24N4O7S. The van der Waals surface area contributed by atoms with Gasteiger partial charge in [-0.3, -0.25) is 9.59 Å². The summed E-state index contributed by atoms with van der Waals surface area (Å²) < 4.78 is 32.8. The highest BCUT2D eigenvalue weighted by molar-refractivity contribution is 7.86. The van der Waals surface area contributed by atoms with E-state index in [0.717, 1.165) is 24.7 Å². The second kappa shape index (κ2) is 10.1. The van der Waals surface area contributed by atoms with Gasteiger partial charge in [0, 0.05) is 17.4 Å². The summed E-state index contributed by atoms with van der Waals surface area (Å²) >= 11 is 0. The largest absolute Gasteiger partial charge is 0.481 e. The lowest BCUT2D eigenvalue weighted by Crippen LogP contribution is -2.20. The highest BCUT2D eigenvalue weighted by Crippen LogP contribution is 2.36. The van der Waals surface area contributed by atoms with Crippen LogP contribution < -0.4 is 14.8 Å². The van der Waals surface area contributed by atoms with Crippen molar-refractivity contribution < 1.29 is 31.7 Å². The van der Waals surface area contributed by atoms with E-state index in [-0.39, 0.29) is 23.6 Å². The van der Waals surface area contributed by atoms with Crippen LogP contribution in [0.25, 0.3) is 0 Å². The SMILES string of the molecule is CS(=O)(=O)Oc1cccc(Nc2nnc(C(=O)Nc3ccc(C4CCC(C(=O)O)CC4)cc3)o2)c1. The predicted molar refractivity (Wildman–Crippen MR) is 126 cm³/mol. The first-order chi connectivity index (χ1) is 16.7. The van der Waals surface area contributed by atoms with Gasteiger partial charge in [0.15, 0.2) is 0 Å². The number of carbonyl (C=O) groups is 2. The Balaban J connectivity index is 1.34. The van der Waals surface area contributed by atoms with Crippen LogP contribution in [0.4, 0.5) is 17.4 Å². The van der Waals surface area contributed by atoms with Crippen LogP contribution in [0.2, 0.25) is 0 Å². The molecule has 184 valence electrons. The van der Waals surface area contributed by atoms with Crippen molar-refractivity contribution in [1.29, 1.82) is 0 Å². The number of hydrogen-bond donors (Lipinski definition) is 3. The maximum Gasteiger partial charge on any atom is 0.320 e. The summed E-state index contributed by atoms with van der Waals surface area (Å²) in [7, 11) is -3.67. The monoisotopic (exact) mass is 500 g/mol. The molecule has 4 rings (SSSR count). The van der Waals surface area contributed by atoms with Crippen molar-refractivity contribution in [1.82, 2.24) is 10.2 Å². The van der Waals surface area contributed by atoms with Gasteiger partial charge in [-0.2, -0.15) is 8.42 Å². The van der Waals surface area contributed by atoms with E-state index < -0.39 is 22.0 Å². The summed E-state index contributed by atoms with van der Waals surface area (Å²) in [6, 6.07) is 13.5. The van der Waals surface area contributed by atoms with Gasteiger partial charge in [-0.15, -0.1) is 5.10 Å². The Morgan fingerprint density at radius 2 is 1.74 bits per heavy atom. The third-order valence-corrected chi connectivity index (χ3v) is 6.16. The first kappa shape index (κ1) is 24.2. The van der Waals surface area contributed by atoms with E-state index in [2.05, 4.69) is 20.8 Å². The Hall–Kier alpha value is -3.93. The Kier molecular flexibility index (Phi) is 7.01. The van der Waals surface area contributed by atoms with E-state index >= 15 is 0 Å². The molecule has 3 aromatic rings. The minimum atomic E-state index is -3.67. The van der Waals surface area contributed by atoms with E-state index in [1.807, 2.05) is 12.1 Å². The molecule has 1 aromatic heterocycles. The number of aromatic nitrogens is 2. The zero-order valence-electron chi connectivity index (χ0n) is 18.8. The Bertz CT molecular complexity index is 1310. The van der Waals surface area contributed by atoms with E-state index in [1.165, 1.54) is 12.1 Å². The lowest BCUT2D eigenvalue weighted by atomic mass is 9.79. The van der Waals surface area contributed by atoms with Crippen LogP contribution in [0.15, 0.2) is 52.9 Å². The van der Waals surface area contributed by atoms with Gasteiger partial charge in [-0.25, -0.2) is 0 Å². The number of carboxylic acid groups (broad SMARTS) is 1. The molecule has 1 amide bonds. The van der Waals surface area contributed by atoms with Crippen LogP contribution in [-0.4, -0.2) is 41.9 Å². The van der Waals surface area contributed by atoms with Gasteiger partial charge in [0.2, 0.25) is 0 Å². The van der Waals surface area contributed by atoms with Crippen LogP contribution >= 0.6 is 0 Å². The van der Waals surface area contributed by atoms with E-state index in [9.17, 15) is 18.0 Å². The molecule has 12 heteroatoms. The number of nitrogens with zero attached hydrogens (tertiary/aromatic N) is 2. The van der Waals surface area contributed by atoms with Crippen molar-refractivity contribution in [2.45, 2.75) is 31.6 Å². The summed E-state index contributed by atoms with van der Waals surface area (Å²) in [5.74, 6) is -1.42. The summed E-state index contributed by atoms with van der Waals surface area (Å²) in [6.45, 7) is 0. The van der Waals surface area contributed by atoms with Gasteiger partial charge < -0.3 is 24.3 Å². The molecule has 0 spiro atoms. The Morgan fingerprint density at radius 3 is 2.40 bits per heavy atom. The Labute approximate surface area is 201 Å². The molecule has 1 aliphatic carbocycles. The zero-order chi connectivity index (χ0) is 25.0. The first-order valence-electron chi connectivity index (χ1n) is 10.9. The molecule has 3 N–H and O–H groups in total. The molecule has 1 saturated carbocycles. The van der Waals surface area contributed by atoms with E-state index in [0.29, 0.717) is 30.1 Å². The van der Waals surface area contributed by atoms with Crippen molar-refractivity contribution in [2.24, 2.45) is 5.92 Å². The quantitative estimate of drug-likeness (QED) is 0.388. The summed E-state index contributed by atoms with van der Waals surface area (Å²) in [5, 5.41) is 22.2. The van der Waals surface area contributed by atoms with Crippen LogP contribution in [0, 0.1) is 5.92 Å². The molecule has 1 fully saturated rings. The number of aliphatic carboxylic acids is 1. The number of carboxylic acids is 1. The molecule has 0 radical (unpaired) electrons. The summed E-state index contributed by atoms with van der Waals surface area (Å²) in [5.41, 5.74) is 2.09. The van der Waals surface area contributed by atoms with E-state index in [4.69, 9.17) is 13.7 Å². The van der Waals surface area contributed by atoms with E-state index in [1.54, 1.807) is 24.3 Å². The second-order valence-electron chi connectivity index (χ2n) is 8.32. The van der Waals surface area contributed by atoms with Gasteiger partial charge in [0.05, 0.1) is 12.2 Å². The molecule has 1 aliphatic rings. The molecular weight excluding hydrogens is 476 g/mol. The maximum atomic E-state index is 12.5. The summed E-state index contributed by atoms with van der Waals surface area (Å²) in [4.78, 5) is 23.6. The number of carbonyl (C=O) groups excluding carboxylic acids is 1. The fourth-order valence-electron chi connectivity index (χ4n) is 3.99. The van der Waals surface area contributed by atoms with Gasteiger partial charge in [-0.1, -0.05) is 23.3 Å². The number of rotatable bonds is 8. The third-order valence-electron chi connectivity index (χ3n) is 5.67. The fourth-order valence-corrected chi connectivity index (χ4v) is 4.44. The standard InChI is InChI=1S/C23H24N4O7S/c1-35(31,32)34-19-4-2-3-18(13-19)25-23-27-26-21(33-23)20(28)24-17-11-9-15(10-12-17)14-5-7-16(8-6-14)22(29)30/h2-4,9-14,16H,5-8H2,1H3,(H,24,28)(H,25,27)(H,29,30). The average Bonchev–Trinajstić information content (AvgIpc) is 3.27. The van der Waals surface area contributed by atoms with Gasteiger partial charge >= 0.3 is 33.9 Å². The molecule has 0 aliphatic heterocycles. The van der Waals surface area contributed by atoms with Gasteiger partial charge in [0.1, 0.15) is 5.75 Å². The van der Waals surface area contributed by atoms with Crippen LogP contribution in [0.1, 0.15) is 47.8 Å². The minimum Gasteiger partial charge on any atom is -0.481 e. The van der Waals surface area contributed by atoms with Crippen molar-refractivity contribution >= 4 is 39.4 Å². The number of amides is 1. The number of nitrogens with one attached hydrogen (secondary N) is 2. The molecule has 0 atom stereocenters. The molecule has 0 saturated heterocycles. The molecule has 35 heavy (non-hydrogen) atoms. The maximum absolute atomic E-state index is 12.5. The van der Waals surface area contributed by atoms with Crippen molar-refractivity contribution in [3.05, 3.63) is 60.0 Å². The topological polar surface area (TPSA) is 161 Å². The molecule has 0 unspecified atom stereocenters. The normalized spacial score (nSPS) is 18.0. The second-order valence-corrected chi connectivity index (χ2v) is 9.89. The number of anilines is 3. The smallest absolute Gasteiger partial charge is 0.320 e. The lowest BCUT2D eigenvalue weighted by Gasteiger charge is -2.26. The van der Waals surface area contributed by atoms with Crippen LogP contribution in [-0.2, 0) is 14.9 Å². The predicted octanol–water partition coefficient (Wildman–Crippen LogP) is 3.76. The molecule has 11 nitrogen and oxygen atoms in total. The van der Waals surface area contributed by atoms with Gasteiger partial charge in [0.25, 0.3) is 0 Å². The fraction of sp³-hybridized carbons (Fsp3) is 0.304. The minimum absolute atomic E-state index is 0.0565. The van der Waals surface area contributed by atoms with Crippen molar-refractivity contribution in [3.63, 3.8) is 0 Å². The van der Waals surface area contributed by atoms with Gasteiger partial charge in [-0.05, 0) is 61.4 Å². The third kappa shape index (κ3) is 6.57. The lowest BCUT2D eigenvalue weighted by molar-refractivity contribution is -0.142. The van der Waals surface area contributed by atoms with Crippen LogP contribution in [0.3, 0.4) is 0 Å². The number of benzene rings is 2. The highest BCUT2D eigenvalue weighted by atomic mass is 32.2. The summed E-state index contributed by atoms with van der Waals surface area (Å²) in [6.07, 6.45) is 3.92. The zero-order valence-corrected chi connectivity index (χ0v) is 19.6. The highest BCUT2D eigenvalue weighted by Gasteiger charge is 2.26. The Morgan fingerprint density at radius 1 is 1.03 bits per heavy atom. The molecule has 1 heterocycles. The average molecular weight is 501 g/mol. The molecule has 2 aromatic carbocycles. The van der Waals surface area contributed by atoms with Crippen LogP contribution in [0.5, 0.6) is 5.75 Å². The number of hydrogen-bond acceptors (Lipinski definition) is 9. The van der Waals surface area contributed by atoms with Crippen molar-refractivity contribution in [3.8, 4) is 5.75 Å². The molecule has 0 bridgehead atoms. The first-order valence-corrected chi connectivity index (χ1v) is 12.7. The van der Waals surface area contributed by atoms with Crippen molar-refractivity contribution in [2.75, 3.05) is 16.9 Å².